The van der Waals surface area contributed by atoms with Gasteiger partial charge in [0.25, 0.3) is 0 Å². The maximum atomic E-state index is 11.1. The minimum atomic E-state index is 0.229. The monoisotopic (exact) mass is 167 g/mol. The molecule has 3 atom stereocenters. The van der Waals surface area contributed by atoms with Gasteiger partial charge in [-0.3, -0.25) is 4.79 Å². The van der Waals surface area contributed by atoms with Gasteiger partial charge >= 0.3 is 0 Å². The molecule has 0 saturated heterocycles. The second-order valence-corrected chi connectivity index (χ2v) is 4.20. The van der Waals surface area contributed by atoms with E-state index >= 15 is 0 Å². The molecule has 2 fully saturated rings. The first-order chi connectivity index (χ1) is 5.79. The summed E-state index contributed by atoms with van der Waals surface area (Å²) in [4.78, 5) is 11.1. The van der Waals surface area contributed by atoms with Crippen molar-refractivity contribution in [3.63, 3.8) is 0 Å². The highest BCUT2D eigenvalue weighted by molar-refractivity contribution is 5.75. The first-order valence-electron chi connectivity index (χ1n) is 5.09. The van der Waals surface area contributed by atoms with E-state index in [0.29, 0.717) is 12.5 Å². The van der Waals surface area contributed by atoms with Gasteiger partial charge in [-0.2, -0.15) is 0 Å². The van der Waals surface area contributed by atoms with Crippen molar-refractivity contribution in [1.29, 1.82) is 0 Å². The summed E-state index contributed by atoms with van der Waals surface area (Å²) in [6, 6.07) is 0.524. The zero-order valence-electron chi connectivity index (χ0n) is 7.68. The number of amides is 1. The first kappa shape index (κ1) is 8.09. The molecule has 2 nitrogen and oxygen atoms in total. The smallest absolute Gasteiger partial charge is 0.219 e. The van der Waals surface area contributed by atoms with E-state index in [1.54, 1.807) is 0 Å². The van der Waals surface area contributed by atoms with E-state index in [1.165, 1.54) is 25.7 Å². The fourth-order valence-electron chi connectivity index (χ4n) is 2.73. The molecule has 0 radical (unpaired) electrons. The third-order valence-electron chi connectivity index (χ3n) is 3.41. The molecule has 1 N–H and O–H groups in total. The third-order valence-corrected chi connectivity index (χ3v) is 3.41. The van der Waals surface area contributed by atoms with Gasteiger partial charge in [0.15, 0.2) is 0 Å². The van der Waals surface area contributed by atoms with Crippen molar-refractivity contribution in [2.75, 3.05) is 0 Å². The number of carbonyl (C=O) groups is 1. The molecule has 2 rings (SSSR count). The van der Waals surface area contributed by atoms with Crippen LogP contribution < -0.4 is 5.32 Å². The summed E-state index contributed by atoms with van der Waals surface area (Å²) in [5.41, 5.74) is 0. The topological polar surface area (TPSA) is 29.1 Å². The largest absolute Gasteiger partial charge is 0.353 e. The summed E-state index contributed by atoms with van der Waals surface area (Å²) in [5.74, 6) is 1.97. The molecule has 2 bridgehead atoms. The van der Waals surface area contributed by atoms with E-state index in [4.69, 9.17) is 0 Å². The standard InChI is InChI=1S/C10H17NO/c1-2-10(12)11-9-6-7-3-4-8(9)5-7/h7-9H,2-6H2,1H3,(H,11,12)/t7-,8+,9-/m0/s1. The number of fused-ring (bicyclic) bond motifs is 2. The molecule has 0 heterocycles. The number of hydrogen-bond donors (Lipinski definition) is 1. The normalized spacial score (nSPS) is 38.6. The summed E-state index contributed by atoms with van der Waals surface area (Å²) < 4.78 is 0. The average molecular weight is 167 g/mol. The van der Waals surface area contributed by atoms with Crippen molar-refractivity contribution in [2.24, 2.45) is 11.8 Å². The molecule has 0 spiro atoms. The van der Waals surface area contributed by atoms with Crippen molar-refractivity contribution < 1.29 is 4.79 Å². The number of carbonyl (C=O) groups excluding carboxylic acids is 1. The maximum absolute atomic E-state index is 11.1. The fraction of sp³-hybridized carbons (Fsp3) is 0.900. The lowest BCUT2D eigenvalue weighted by Crippen LogP contribution is -2.37. The molecule has 2 saturated carbocycles. The van der Waals surface area contributed by atoms with Crippen LogP contribution >= 0.6 is 0 Å². The highest BCUT2D eigenvalue weighted by Crippen LogP contribution is 2.44. The molecule has 1 amide bonds. The van der Waals surface area contributed by atoms with Gasteiger partial charge in [-0.05, 0) is 31.1 Å². The Morgan fingerprint density at radius 1 is 1.42 bits per heavy atom. The third kappa shape index (κ3) is 1.35. The number of hydrogen-bond acceptors (Lipinski definition) is 1. The zero-order valence-corrected chi connectivity index (χ0v) is 7.68. The molecular weight excluding hydrogens is 150 g/mol. The van der Waals surface area contributed by atoms with Crippen LogP contribution in [0, 0.1) is 11.8 Å². The van der Waals surface area contributed by atoms with Crippen LogP contribution in [-0.2, 0) is 4.79 Å². The lowest BCUT2D eigenvalue weighted by Gasteiger charge is -2.22. The molecule has 12 heavy (non-hydrogen) atoms. The van der Waals surface area contributed by atoms with E-state index in [2.05, 4.69) is 5.32 Å². The molecule has 0 aromatic heterocycles. The zero-order chi connectivity index (χ0) is 8.55. The summed E-state index contributed by atoms with van der Waals surface area (Å²) >= 11 is 0. The summed E-state index contributed by atoms with van der Waals surface area (Å²) in [6.07, 6.45) is 6.00. The Morgan fingerprint density at radius 2 is 2.25 bits per heavy atom. The molecule has 0 aromatic rings. The fourth-order valence-corrected chi connectivity index (χ4v) is 2.73. The highest BCUT2D eigenvalue weighted by atomic mass is 16.1. The predicted molar refractivity (Wildman–Crippen MR) is 47.7 cm³/mol. The van der Waals surface area contributed by atoms with Gasteiger partial charge < -0.3 is 5.32 Å². The molecule has 2 aliphatic carbocycles. The Balaban J connectivity index is 1.86. The minimum Gasteiger partial charge on any atom is -0.353 e. The van der Waals surface area contributed by atoms with Crippen LogP contribution in [0.3, 0.4) is 0 Å². The first-order valence-corrected chi connectivity index (χ1v) is 5.09. The Morgan fingerprint density at radius 3 is 2.75 bits per heavy atom. The van der Waals surface area contributed by atoms with Crippen LogP contribution in [0.2, 0.25) is 0 Å². The maximum Gasteiger partial charge on any atom is 0.219 e. The summed E-state index contributed by atoms with van der Waals surface area (Å²) in [5, 5.41) is 3.12. The summed E-state index contributed by atoms with van der Waals surface area (Å²) in [7, 11) is 0. The molecular formula is C10H17NO. The van der Waals surface area contributed by atoms with Gasteiger partial charge in [0.2, 0.25) is 5.91 Å². The Bertz CT molecular complexity index is 190. The number of nitrogens with one attached hydrogen (secondary N) is 1. The molecule has 0 aromatic carbocycles. The van der Waals surface area contributed by atoms with Crippen molar-refractivity contribution in [1.82, 2.24) is 5.32 Å². The summed E-state index contributed by atoms with van der Waals surface area (Å²) in [6.45, 7) is 1.92. The van der Waals surface area contributed by atoms with Gasteiger partial charge in [-0.15, -0.1) is 0 Å². The quantitative estimate of drug-likeness (QED) is 0.666. The van der Waals surface area contributed by atoms with Crippen LogP contribution in [-0.4, -0.2) is 11.9 Å². The van der Waals surface area contributed by atoms with Crippen LogP contribution in [0.4, 0.5) is 0 Å². The SMILES string of the molecule is CCC(=O)N[C@H]1C[C@H]2CC[C@@H]1C2. The van der Waals surface area contributed by atoms with Gasteiger partial charge in [0, 0.05) is 12.5 Å². The van der Waals surface area contributed by atoms with Crippen LogP contribution in [0.15, 0.2) is 0 Å². The van der Waals surface area contributed by atoms with E-state index in [-0.39, 0.29) is 5.91 Å². The Labute approximate surface area is 73.7 Å². The van der Waals surface area contributed by atoms with E-state index < -0.39 is 0 Å². The Kier molecular flexibility index (Phi) is 2.07. The van der Waals surface area contributed by atoms with Gasteiger partial charge in [0.1, 0.15) is 0 Å². The Hall–Kier alpha value is -0.530. The van der Waals surface area contributed by atoms with Crippen LogP contribution in [0.1, 0.15) is 39.0 Å². The van der Waals surface area contributed by atoms with Crippen molar-refractivity contribution >= 4 is 5.91 Å². The van der Waals surface area contributed by atoms with Crippen LogP contribution in [0.5, 0.6) is 0 Å². The van der Waals surface area contributed by atoms with Crippen LogP contribution in [0.25, 0.3) is 0 Å². The lowest BCUT2D eigenvalue weighted by molar-refractivity contribution is -0.121. The average Bonchev–Trinajstić information content (AvgIpc) is 2.64. The molecule has 2 aliphatic rings. The van der Waals surface area contributed by atoms with Gasteiger partial charge in [0.05, 0.1) is 0 Å². The molecule has 2 heteroatoms. The predicted octanol–water partition coefficient (Wildman–Crippen LogP) is 1.70. The molecule has 0 aliphatic heterocycles. The van der Waals surface area contributed by atoms with Crippen molar-refractivity contribution in [3.05, 3.63) is 0 Å². The number of rotatable bonds is 2. The van der Waals surface area contributed by atoms with Gasteiger partial charge in [-0.1, -0.05) is 13.3 Å². The molecule has 0 unspecified atom stereocenters. The van der Waals surface area contributed by atoms with Crippen molar-refractivity contribution in [3.8, 4) is 0 Å². The molecule has 68 valence electrons. The lowest BCUT2D eigenvalue weighted by atomic mass is 9.95. The minimum absolute atomic E-state index is 0.229. The van der Waals surface area contributed by atoms with Crippen molar-refractivity contribution in [2.45, 2.75) is 45.1 Å². The van der Waals surface area contributed by atoms with E-state index in [9.17, 15) is 4.79 Å². The van der Waals surface area contributed by atoms with Gasteiger partial charge in [-0.25, -0.2) is 0 Å². The van der Waals surface area contributed by atoms with E-state index in [1.807, 2.05) is 6.92 Å². The highest BCUT2D eigenvalue weighted by Gasteiger charge is 2.39. The second-order valence-electron chi connectivity index (χ2n) is 4.20. The van der Waals surface area contributed by atoms with E-state index in [0.717, 1.165) is 11.8 Å². The second kappa shape index (κ2) is 3.08.